The summed E-state index contributed by atoms with van der Waals surface area (Å²) in [5.74, 6) is -1.22. The van der Waals surface area contributed by atoms with E-state index in [2.05, 4.69) is 10.3 Å². The molecule has 1 aliphatic rings. The maximum Gasteiger partial charge on any atom is 0.319 e. The van der Waals surface area contributed by atoms with Crippen LogP contribution >= 0.6 is 0 Å². The molecule has 1 aromatic carbocycles. The molecule has 130 valence electrons. The van der Waals surface area contributed by atoms with E-state index in [0.29, 0.717) is 22.9 Å². The molecule has 0 spiro atoms. The zero-order chi connectivity index (χ0) is 18.0. The van der Waals surface area contributed by atoms with Gasteiger partial charge in [-0.05, 0) is 44.0 Å². The van der Waals surface area contributed by atoms with Gasteiger partial charge in [-0.15, -0.1) is 0 Å². The molecule has 6 nitrogen and oxygen atoms in total. The molecule has 0 saturated heterocycles. The Morgan fingerprint density at radius 1 is 1.28 bits per heavy atom. The molecule has 1 amide bonds. The standard InChI is InChI=1S/C18H17FN2O4/c1-11-14(21-15(25-11)12-4-6-13(19)7-5-12)10-20-16(22)18(17(23)24)8-2-3-9-18/h2-7H,8-10H2,1H3,(H,20,22)(H,23,24). The summed E-state index contributed by atoms with van der Waals surface area (Å²) in [6, 6.07) is 5.71. The van der Waals surface area contributed by atoms with E-state index < -0.39 is 17.3 Å². The van der Waals surface area contributed by atoms with Gasteiger partial charge in [0.2, 0.25) is 11.8 Å². The molecule has 0 aliphatic heterocycles. The average Bonchev–Trinajstić information content (AvgIpc) is 3.21. The number of oxazole rings is 1. The average molecular weight is 344 g/mol. The van der Waals surface area contributed by atoms with Gasteiger partial charge in [0, 0.05) is 5.56 Å². The predicted octanol–water partition coefficient (Wildman–Crippen LogP) is 2.83. The van der Waals surface area contributed by atoms with Crippen LogP contribution in [0.25, 0.3) is 11.5 Å². The molecule has 1 aromatic heterocycles. The van der Waals surface area contributed by atoms with Gasteiger partial charge in [0.05, 0.1) is 6.54 Å². The third kappa shape index (κ3) is 3.17. The summed E-state index contributed by atoms with van der Waals surface area (Å²) in [5.41, 5.74) is -0.333. The number of carboxylic acids is 1. The number of hydrogen-bond donors (Lipinski definition) is 2. The molecule has 0 radical (unpaired) electrons. The van der Waals surface area contributed by atoms with Crippen LogP contribution in [0, 0.1) is 18.2 Å². The van der Waals surface area contributed by atoms with Crippen molar-refractivity contribution in [1.82, 2.24) is 10.3 Å². The van der Waals surface area contributed by atoms with Crippen LogP contribution in [0.1, 0.15) is 24.3 Å². The van der Waals surface area contributed by atoms with Gasteiger partial charge >= 0.3 is 5.97 Å². The van der Waals surface area contributed by atoms with E-state index in [4.69, 9.17) is 4.42 Å². The number of hydrogen-bond acceptors (Lipinski definition) is 4. The van der Waals surface area contributed by atoms with Gasteiger partial charge in [0.15, 0.2) is 5.41 Å². The molecular formula is C18H17FN2O4. The molecule has 3 rings (SSSR count). The molecule has 1 aliphatic carbocycles. The third-order valence-corrected chi connectivity index (χ3v) is 4.34. The molecule has 0 atom stereocenters. The smallest absolute Gasteiger partial charge is 0.319 e. The molecule has 0 unspecified atom stereocenters. The summed E-state index contributed by atoms with van der Waals surface area (Å²) in [7, 11) is 0. The molecule has 1 heterocycles. The lowest BCUT2D eigenvalue weighted by Crippen LogP contribution is -2.44. The van der Waals surface area contributed by atoms with E-state index in [-0.39, 0.29) is 25.2 Å². The first kappa shape index (κ1) is 16.9. The number of aryl methyl sites for hydroxylation is 1. The second-order valence-corrected chi connectivity index (χ2v) is 5.98. The minimum absolute atomic E-state index is 0.0599. The molecule has 2 aromatic rings. The molecule has 2 N–H and O–H groups in total. The van der Waals surface area contributed by atoms with Gasteiger partial charge in [-0.3, -0.25) is 9.59 Å². The lowest BCUT2D eigenvalue weighted by molar-refractivity contribution is -0.155. The number of allylic oxidation sites excluding steroid dienone is 2. The van der Waals surface area contributed by atoms with Crippen LogP contribution in [0.5, 0.6) is 0 Å². The Balaban J connectivity index is 1.72. The fourth-order valence-electron chi connectivity index (χ4n) is 2.75. The van der Waals surface area contributed by atoms with E-state index >= 15 is 0 Å². The number of aliphatic carboxylic acids is 1. The quantitative estimate of drug-likeness (QED) is 0.643. The zero-order valence-electron chi connectivity index (χ0n) is 13.6. The molecule has 0 saturated carbocycles. The van der Waals surface area contributed by atoms with Crippen LogP contribution in [-0.4, -0.2) is 22.0 Å². The summed E-state index contributed by atoms with van der Waals surface area (Å²) in [4.78, 5) is 28.2. The number of rotatable bonds is 5. The van der Waals surface area contributed by atoms with E-state index in [1.165, 1.54) is 12.1 Å². The normalized spacial score (nSPS) is 15.3. The number of carboxylic acid groups (broad SMARTS) is 1. The topological polar surface area (TPSA) is 92.4 Å². The van der Waals surface area contributed by atoms with Gasteiger partial charge in [-0.2, -0.15) is 0 Å². The highest BCUT2D eigenvalue weighted by Crippen LogP contribution is 2.34. The van der Waals surface area contributed by atoms with Crippen LogP contribution in [0.3, 0.4) is 0 Å². The summed E-state index contributed by atoms with van der Waals surface area (Å²) >= 11 is 0. The lowest BCUT2D eigenvalue weighted by atomic mass is 9.84. The number of carbonyl (C=O) groups is 2. The van der Waals surface area contributed by atoms with Crippen molar-refractivity contribution < 1.29 is 23.5 Å². The second kappa shape index (κ2) is 6.51. The van der Waals surface area contributed by atoms with E-state index in [0.717, 1.165) is 0 Å². The fraction of sp³-hybridized carbons (Fsp3) is 0.278. The van der Waals surface area contributed by atoms with Crippen LogP contribution in [0.4, 0.5) is 4.39 Å². The summed E-state index contributed by atoms with van der Waals surface area (Å²) < 4.78 is 18.6. The monoisotopic (exact) mass is 344 g/mol. The summed E-state index contributed by atoms with van der Waals surface area (Å²) in [5, 5.41) is 12.0. The SMILES string of the molecule is Cc1oc(-c2ccc(F)cc2)nc1CNC(=O)C1(C(=O)O)CC=CC1. The molecule has 0 fully saturated rings. The predicted molar refractivity (Wildman–Crippen MR) is 86.9 cm³/mol. The van der Waals surface area contributed by atoms with Gasteiger partial charge < -0.3 is 14.8 Å². The van der Waals surface area contributed by atoms with E-state index in [1.807, 2.05) is 0 Å². The minimum atomic E-state index is -1.45. The maximum atomic E-state index is 13.0. The molecule has 0 bridgehead atoms. The molecule has 25 heavy (non-hydrogen) atoms. The Hall–Kier alpha value is -2.96. The Kier molecular flexibility index (Phi) is 4.39. The van der Waals surface area contributed by atoms with Crippen molar-refractivity contribution in [2.45, 2.75) is 26.3 Å². The largest absolute Gasteiger partial charge is 0.480 e. The van der Waals surface area contributed by atoms with Crippen molar-refractivity contribution >= 4 is 11.9 Å². The van der Waals surface area contributed by atoms with Crippen molar-refractivity contribution in [3.8, 4) is 11.5 Å². The zero-order valence-corrected chi connectivity index (χ0v) is 13.6. The number of halogens is 1. The highest BCUT2D eigenvalue weighted by molar-refractivity contribution is 6.02. The Labute approximate surface area is 143 Å². The Morgan fingerprint density at radius 3 is 2.52 bits per heavy atom. The van der Waals surface area contributed by atoms with E-state index in [1.54, 1.807) is 31.2 Å². The number of carbonyl (C=O) groups excluding carboxylic acids is 1. The van der Waals surface area contributed by atoms with Crippen molar-refractivity contribution in [3.05, 3.63) is 53.7 Å². The highest BCUT2D eigenvalue weighted by Gasteiger charge is 2.46. The maximum absolute atomic E-state index is 13.0. The van der Waals surface area contributed by atoms with E-state index in [9.17, 15) is 19.1 Å². The fourth-order valence-corrected chi connectivity index (χ4v) is 2.75. The summed E-state index contributed by atoms with van der Waals surface area (Å²) in [6.45, 7) is 1.76. The van der Waals surface area contributed by atoms with Crippen LogP contribution in [0.2, 0.25) is 0 Å². The van der Waals surface area contributed by atoms with Crippen LogP contribution in [-0.2, 0) is 16.1 Å². The first-order valence-corrected chi connectivity index (χ1v) is 7.81. The number of aromatic nitrogens is 1. The van der Waals surface area contributed by atoms with Gasteiger partial charge in [-0.1, -0.05) is 12.2 Å². The Morgan fingerprint density at radius 2 is 1.92 bits per heavy atom. The lowest BCUT2D eigenvalue weighted by Gasteiger charge is -2.22. The van der Waals surface area contributed by atoms with Gasteiger partial charge in [0.25, 0.3) is 0 Å². The van der Waals surface area contributed by atoms with Gasteiger partial charge in [-0.25, -0.2) is 9.37 Å². The van der Waals surface area contributed by atoms with Crippen molar-refractivity contribution in [1.29, 1.82) is 0 Å². The van der Waals surface area contributed by atoms with Crippen molar-refractivity contribution in [2.24, 2.45) is 5.41 Å². The highest BCUT2D eigenvalue weighted by atomic mass is 19.1. The van der Waals surface area contributed by atoms with Crippen LogP contribution in [0.15, 0.2) is 40.8 Å². The first-order chi connectivity index (χ1) is 11.9. The summed E-state index contributed by atoms with van der Waals surface area (Å²) in [6.07, 6.45) is 3.74. The van der Waals surface area contributed by atoms with Crippen molar-refractivity contribution in [2.75, 3.05) is 0 Å². The molecular weight excluding hydrogens is 327 g/mol. The third-order valence-electron chi connectivity index (χ3n) is 4.34. The van der Waals surface area contributed by atoms with Crippen molar-refractivity contribution in [3.63, 3.8) is 0 Å². The first-order valence-electron chi connectivity index (χ1n) is 7.81. The number of nitrogens with zero attached hydrogens (tertiary/aromatic N) is 1. The molecule has 7 heteroatoms. The minimum Gasteiger partial charge on any atom is -0.480 e. The number of nitrogens with one attached hydrogen (secondary N) is 1. The number of benzene rings is 1. The Bertz CT molecular complexity index is 831. The van der Waals surface area contributed by atoms with Gasteiger partial charge in [0.1, 0.15) is 17.3 Å². The van der Waals surface area contributed by atoms with Crippen LogP contribution < -0.4 is 5.32 Å². The number of amides is 1. The second-order valence-electron chi connectivity index (χ2n) is 5.98.